The van der Waals surface area contributed by atoms with Crippen molar-refractivity contribution in [3.8, 4) is 0 Å². The Balaban J connectivity index is 2.44. The molecule has 1 heterocycles. The predicted octanol–water partition coefficient (Wildman–Crippen LogP) is 1.54. The minimum Gasteiger partial charge on any atom is -0.456 e. The lowest BCUT2D eigenvalue weighted by molar-refractivity contribution is -0.142. The Labute approximate surface area is 107 Å². The third-order valence-corrected chi connectivity index (χ3v) is 3.05. The van der Waals surface area contributed by atoms with Gasteiger partial charge in [0.1, 0.15) is 6.10 Å². The minimum atomic E-state index is -0.724. The largest absolute Gasteiger partial charge is 0.456 e. The van der Waals surface area contributed by atoms with Crippen molar-refractivity contribution < 1.29 is 14.3 Å². The van der Waals surface area contributed by atoms with Gasteiger partial charge >= 0.3 is 12.0 Å². The SMILES string of the molecule is CCCCC[C@H]1C[C@@H](/C(C)=N\NC(N)=O)OC1=O. The maximum Gasteiger partial charge on any atom is 0.332 e. The molecule has 0 saturated carbocycles. The van der Waals surface area contributed by atoms with Gasteiger partial charge in [-0.25, -0.2) is 10.2 Å². The molecule has 18 heavy (non-hydrogen) atoms. The number of unbranched alkanes of at least 4 members (excludes halogenated alkanes) is 2. The first kappa shape index (κ1) is 14.5. The van der Waals surface area contributed by atoms with Gasteiger partial charge in [-0.2, -0.15) is 5.10 Å². The van der Waals surface area contributed by atoms with E-state index < -0.39 is 6.03 Å². The lowest BCUT2D eigenvalue weighted by Gasteiger charge is -2.07. The first-order valence-electron chi connectivity index (χ1n) is 6.34. The molecule has 0 unspecified atom stereocenters. The van der Waals surface area contributed by atoms with Gasteiger partial charge in [0.05, 0.1) is 11.6 Å². The van der Waals surface area contributed by atoms with Crippen molar-refractivity contribution in [2.24, 2.45) is 16.8 Å². The van der Waals surface area contributed by atoms with Crippen LogP contribution >= 0.6 is 0 Å². The van der Waals surface area contributed by atoms with Crippen molar-refractivity contribution in [2.75, 3.05) is 0 Å². The van der Waals surface area contributed by atoms with Gasteiger partial charge in [0, 0.05) is 6.42 Å². The number of rotatable bonds is 6. The summed E-state index contributed by atoms with van der Waals surface area (Å²) < 4.78 is 5.24. The molecule has 1 aliphatic heterocycles. The molecular weight excluding hydrogens is 234 g/mol. The van der Waals surface area contributed by atoms with E-state index in [9.17, 15) is 9.59 Å². The standard InChI is InChI=1S/C12H21N3O3/c1-3-4-5-6-9-7-10(18-11(9)16)8(2)14-15-12(13)17/h9-10H,3-7H2,1-2H3,(H3,13,15,17)/b14-8-/t9-,10-/m0/s1. The van der Waals surface area contributed by atoms with Crippen LogP contribution in [0.1, 0.15) is 46.0 Å². The third-order valence-electron chi connectivity index (χ3n) is 3.05. The molecule has 3 N–H and O–H groups in total. The van der Waals surface area contributed by atoms with E-state index in [4.69, 9.17) is 10.5 Å². The molecule has 0 aromatic rings. The average molecular weight is 255 g/mol. The van der Waals surface area contributed by atoms with Crippen LogP contribution in [0.15, 0.2) is 5.10 Å². The Bertz CT molecular complexity index is 341. The van der Waals surface area contributed by atoms with Gasteiger partial charge in [-0.3, -0.25) is 4.79 Å². The molecule has 0 aliphatic carbocycles. The topological polar surface area (TPSA) is 93.8 Å². The number of nitrogens with one attached hydrogen (secondary N) is 1. The van der Waals surface area contributed by atoms with Crippen molar-refractivity contribution >= 4 is 17.7 Å². The first-order chi connectivity index (χ1) is 8.54. The summed E-state index contributed by atoms with van der Waals surface area (Å²) in [4.78, 5) is 22.2. The lowest BCUT2D eigenvalue weighted by Crippen LogP contribution is -2.28. The Hall–Kier alpha value is -1.59. The fourth-order valence-corrected chi connectivity index (χ4v) is 1.99. The number of amides is 2. The summed E-state index contributed by atoms with van der Waals surface area (Å²) in [5, 5.41) is 3.79. The molecule has 2 atom stereocenters. The number of ether oxygens (including phenoxy) is 1. The highest BCUT2D eigenvalue weighted by atomic mass is 16.6. The molecule has 0 bridgehead atoms. The van der Waals surface area contributed by atoms with E-state index in [0.29, 0.717) is 12.1 Å². The van der Waals surface area contributed by atoms with Crippen molar-refractivity contribution in [1.29, 1.82) is 0 Å². The van der Waals surface area contributed by atoms with Crippen LogP contribution in [0.3, 0.4) is 0 Å². The van der Waals surface area contributed by atoms with Crippen molar-refractivity contribution in [3.05, 3.63) is 0 Å². The van der Waals surface area contributed by atoms with Gasteiger partial charge in [0.15, 0.2) is 0 Å². The fraction of sp³-hybridized carbons (Fsp3) is 0.750. The smallest absolute Gasteiger partial charge is 0.332 e. The third kappa shape index (κ3) is 4.35. The summed E-state index contributed by atoms with van der Waals surface area (Å²) in [7, 11) is 0. The molecule has 0 aromatic carbocycles. The molecule has 0 aromatic heterocycles. The number of primary amides is 1. The Morgan fingerprint density at radius 3 is 2.89 bits per heavy atom. The summed E-state index contributed by atoms with van der Waals surface area (Å²) >= 11 is 0. The molecular formula is C12H21N3O3. The molecule has 1 aliphatic rings. The number of carbonyl (C=O) groups is 2. The van der Waals surface area contributed by atoms with Crippen LogP contribution in [0.25, 0.3) is 0 Å². The zero-order chi connectivity index (χ0) is 13.5. The summed E-state index contributed by atoms with van der Waals surface area (Å²) in [6.45, 7) is 3.84. The first-order valence-corrected chi connectivity index (χ1v) is 6.34. The zero-order valence-corrected chi connectivity index (χ0v) is 10.9. The molecule has 6 nitrogen and oxygen atoms in total. The predicted molar refractivity (Wildman–Crippen MR) is 68.0 cm³/mol. The number of cyclic esters (lactones) is 1. The fourth-order valence-electron chi connectivity index (χ4n) is 1.99. The van der Waals surface area contributed by atoms with Crippen LogP contribution in [0, 0.1) is 5.92 Å². The second-order valence-electron chi connectivity index (χ2n) is 4.58. The zero-order valence-electron chi connectivity index (χ0n) is 10.9. The monoisotopic (exact) mass is 255 g/mol. The number of hydrogen-bond acceptors (Lipinski definition) is 4. The number of nitrogens with zero attached hydrogens (tertiary/aromatic N) is 1. The summed E-state index contributed by atoms with van der Waals surface area (Å²) in [6.07, 6.45) is 4.46. The van der Waals surface area contributed by atoms with Crippen LogP contribution in [-0.4, -0.2) is 23.8 Å². The van der Waals surface area contributed by atoms with Crippen molar-refractivity contribution in [2.45, 2.75) is 52.1 Å². The second-order valence-corrected chi connectivity index (χ2v) is 4.58. The highest BCUT2D eigenvalue weighted by molar-refractivity contribution is 5.91. The normalized spacial score (nSPS) is 23.9. The molecule has 2 amide bonds. The summed E-state index contributed by atoms with van der Waals surface area (Å²) in [5.41, 5.74) is 7.62. The summed E-state index contributed by atoms with van der Waals surface area (Å²) in [6, 6.07) is -0.724. The van der Waals surface area contributed by atoms with Crippen LogP contribution in [0.2, 0.25) is 0 Å². The van der Waals surface area contributed by atoms with E-state index in [1.54, 1.807) is 6.92 Å². The highest BCUT2D eigenvalue weighted by Gasteiger charge is 2.35. The van der Waals surface area contributed by atoms with E-state index in [0.717, 1.165) is 25.7 Å². The number of carbonyl (C=O) groups excluding carboxylic acids is 2. The van der Waals surface area contributed by atoms with E-state index >= 15 is 0 Å². The van der Waals surface area contributed by atoms with E-state index in [1.165, 1.54) is 0 Å². The number of urea groups is 1. The number of nitrogens with two attached hydrogens (primary N) is 1. The Morgan fingerprint density at radius 2 is 2.28 bits per heavy atom. The van der Waals surface area contributed by atoms with Gasteiger partial charge in [0.25, 0.3) is 0 Å². The molecule has 1 rings (SSSR count). The molecule has 0 spiro atoms. The van der Waals surface area contributed by atoms with E-state index in [1.807, 2.05) is 0 Å². The second kappa shape index (κ2) is 6.98. The van der Waals surface area contributed by atoms with Crippen molar-refractivity contribution in [1.82, 2.24) is 5.43 Å². The van der Waals surface area contributed by atoms with E-state index in [2.05, 4.69) is 17.5 Å². The van der Waals surface area contributed by atoms with Crippen LogP contribution in [0.4, 0.5) is 4.79 Å². The number of hydrazone groups is 1. The average Bonchev–Trinajstić information content (AvgIpc) is 2.68. The quantitative estimate of drug-likeness (QED) is 0.326. The summed E-state index contributed by atoms with van der Waals surface area (Å²) in [5.74, 6) is -0.204. The van der Waals surface area contributed by atoms with Gasteiger partial charge in [0.2, 0.25) is 0 Å². The number of hydrogen-bond donors (Lipinski definition) is 2. The van der Waals surface area contributed by atoms with Gasteiger partial charge in [-0.05, 0) is 13.3 Å². The number of esters is 1. The van der Waals surface area contributed by atoms with Crippen LogP contribution in [-0.2, 0) is 9.53 Å². The minimum absolute atomic E-state index is 0.0414. The molecule has 0 radical (unpaired) electrons. The van der Waals surface area contributed by atoms with E-state index in [-0.39, 0.29) is 18.0 Å². The van der Waals surface area contributed by atoms with Crippen molar-refractivity contribution in [3.63, 3.8) is 0 Å². The Kier molecular flexibility index (Phi) is 5.61. The van der Waals surface area contributed by atoms with Gasteiger partial charge < -0.3 is 10.5 Å². The molecule has 102 valence electrons. The van der Waals surface area contributed by atoms with Gasteiger partial charge in [-0.1, -0.05) is 26.2 Å². The maximum atomic E-state index is 11.6. The molecule has 1 fully saturated rings. The van der Waals surface area contributed by atoms with Gasteiger partial charge in [-0.15, -0.1) is 0 Å². The van der Waals surface area contributed by atoms with Crippen LogP contribution < -0.4 is 11.2 Å². The maximum absolute atomic E-state index is 11.6. The Morgan fingerprint density at radius 1 is 1.56 bits per heavy atom. The highest BCUT2D eigenvalue weighted by Crippen LogP contribution is 2.26. The molecule has 6 heteroatoms. The van der Waals surface area contributed by atoms with Crippen LogP contribution in [0.5, 0.6) is 0 Å². The molecule has 1 saturated heterocycles. The lowest BCUT2D eigenvalue weighted by atomic mass is 9.96.